The van der Waals surface area contributed by atoms with E-state index >= 15 is 17.6 Å². The Bertz CT molecular complexity index is 2800. The Morgan fingerprint density at radius 2 is 0.769 bits per heavy atom. The van der Waals surface area contributed by atoms with E-state index in [1.54, 1.807) is 24.3 Å². The van der Waals surface area contributed by atoms with Crippen LogP contribution in [0, 0.1) is 23.3 Å². The van der Waals surface area contributed by atoms with E-state index in [1.165, 1.54) is 24.3 Å². The third-order valence-electron chi connectivity index (χ3n) is 10.9. The largest absolute Gasteiger partial charge is 0.206 e. The lowest BCUT2D eigenvalue weighted by Gasteiger charge is -2.24. The van der Waals surface area contributed by atoms with Gasteiger partial charge in [0.1, 0.15) is 23.3 Å². The van der Waals surface area contributed by atoms with E-state index < -0.39 is 34.1 Å². The summed E-state index contributed by atoms with van der Waals surface area (Å²) in [6, 6.07) is 33.4. The molecule has 0 radical (unpaired) electrons. The van der Waals surface area contributed by atoms with Gasteiger partial charge in [0, 0.05) is 11.1 Å². The predicted octanol–water partition coefficient (Wildman–Crippen LogP) is 14.4. The molecule has 0 nitrogen and oxygen atoms in total. The first-order chi connectivity index (χ1) is 24.7. The highest BCUT2D eigenvalue weighted by Gasteiger charge is 2.30. The van der Waals surface area contributed by atoms with Gasteiger partial charge in [0.15, 0.2) is 0 Å². The Balaban J connectivity index is 1.48. The van der Waals surface area contributed by atoms with Gasteiger partial charge < -0.3 is 0 Å². The van der Waals surface area contributed by atoms with E-state index in [9.17, 15) is 0 Å². The zero-order valence-electron chi connectivity index (χ0n) is 29.9. The highest BCUT2D eigenvalue weighted by atomic mass is 19.1. The van der Waals surface area contributed by atoms with Crippen LogP contribution in [0.15, 0.2) is 109 Å². The fourth-order valence-corrected chi connectivity index (χ4v) is 8.30. The molecule has 0 saturated carbocycles. The molecule has 0 heterocycles. The second-order valence-corrected chi connectivity index (χ2v) is 16.2. The van der Waals surface area contributed by atoms with Crippen LogP contribution in [0.3, 0.4) is 0 Å². The molecule has 0 atom stereocenters. The van der Waals surface area contributed by atoms with E-state index in [4.69, 9.17) is 0 Å². The van der Waals surface area contributed by atoms with E-state index in [2.05, 4.69) is 30.3 Å². The zero-order chi connectivity index (χ0) is 36.4. The number of halogens is 4. The Labute approximate surface area is 300 Å². The fourth-order valence-electron chi connectivity index (χ4n) is 8.30. The summed E-state index contributed by atoms with van der Waals surface area (Å²) in [4.78, 5) is 0. The van der Waals surface area contributed by atoms with Crippen molar-refractivity contribution >= 4 is 43.1 Å². The molecule has 0 aromatic heterocycles. The van der Waals surface area contributed by atoms with Crippen LogP contribution in [0.2, 0.25) is 0 Å². The standard InChI is InChI=1S/C48H36F4/c1-47(2,3)26-19-38(49)45(39(50)20-26)43-30-14-9-10-15-31(30)44(46-40(51)21-27(22-41(46)52)48(4,5)6)37-24-34-33(23-36(37)43)32-17-11-16-29-28-13-8-7-12-25(28)18-35(34)42(29)32/h7-24H,1-6H3. The van der Waals surface area contributed by atoms with Gasteiger partial charge in [-0.1, -0.05) is 108 Å². The third-order valence-corrected chi connectivity index (χ3v) is 10.9. The van der Waals surface area contributed by atoms with Gasteiger partial charge in [-0.25, -0.2) is 17.6 Å². The SMILES string of the molecule is CC(C)(C)c1cc(F)c(-c2c3ccccc3c(-c3c(F)cc(C(C)(C)C)cc3F)c3cc4c(cc23)-c2cccc3c2c-4cc2ccccc23)c(F)c1. The molecule has 256 valence electrons. The second-order valence-electron chi connectivity index (χ2n) is 16.2. The van der Waals surface area contributed by atoms with Crippen LogP contribution in [0.5, 0.6) is 0 Å². The monoisotopic (exact) mass is 688 g/mol. The van der Waals surface area contributed by atoms with Crippen LogP contribution < -0.4 is 0 Å². The molecule has 0 fully saturated rings. The van der Waals surface area contributed by atoms with Crippen molar-refractivity contribution in [2.75, 3.05) is 0 Å². The fraction of sp³-hybridized carbons (Fsp3) is 0.167. The molecule has 8 aromatic carbocycles. The highest BCUT2D eigenvalue weighted by molar-refractivity contribution is 6.28. The second kappa shape index (κ2) is 11.0. The summed E-state index contributed by atoms with van der Waals surface area (Å²) >= 11 is 0. The lowest BCUT2D eigenvalue weighted by Crippen LogP contribution is -2.13. The number of fused-ring (bicyclic) bond motifs is 7. The van der Waals surface area contributed by atoms with Crippen LogP contribution in [-0.4, -0.2) is 0 Å². The highest BCUT2D eigenvalue weighted by Crippen LogP contribution is 2.54. The molecule has 52 heavy (non-hydrogen) atoms. The van der Waals surface area contributed by atoms with Crippen molar-refractivity contribution < 1.29 is 17.6 Å². The number of hydrogen-bond donors (Lipinski definition) is 0. The number of rotatable bonds is 2. The van der Waals surface area contributed by atoms with Gasteiger partial charge >= 0.3 is 0 Å². The molecule has 0 bridgehead atoms. The molecule has 0 N–H and O–H groups in total. The van der Waals surface area contributed by atoms with Crippen LogP contribution in [0.4, 0.5) is 17.6 Å². The van der Waals surface area contributed by atoms with Gasteiger partial charge in [0.2, 0.25) is 0 Å². The minimum Gasteiger partial charge on any atom is -0.206 e. The molecular formula is C48H36F4. The molecule has 9 rings (SSSR count). The molecule has 0 saturated heterocycles. The maximum absolute atomic E-state index is 16.6. The predicted molar refractivity (Wildman–Crippen MR) is 209 cm³/mol. The van der Waals surface area contributed by atoms with Gasteiger partial charge in [-0.15, -0.1) is 0 Å². The lowest BCUT2D eigenvalue weighted by molar-refractivity contribution is 0.548. The summed E-state index contributed by atoms with van der Waals surface area (Å²) < 4.78 is 66.3. The smallest absolute Gasteiger partial charge is 0.134 e. The molecule has 4 heteroatoms. The summed E-state index contributed by atoms with van der Waals surface area (Å²) in [7, 11) is 0. The molecule has 0 spiro atoms. The maximum Gasteiger partial charge on any atom is 0.134 e. The van der Waals surface area contributed by atoms with Crippen LogP contribution in [-0.2, 0) is 10.8 Å². The van der Waals surface area contributed by atoms with E-state index in [-0.39, 0.29) is 11.1 Å². The van der Waals surface area contributed by atoms with Gasteiger partial charge in [0.25, 0.3) is 0 Å². The molecule has 0 unspecified atom stereocenters. The maximum atomic E-state index is 16.6. The van der Waals surface area contributed by atoms with Gasteiger partial charge in [0.05, 0.1) is 11.1 Å². The molecule has 0 aliphatic heterocycles. The summed E-state index contributed by atoms with van der Waals surface area (Å²) in [5, 5.41) is 6.42. The minimum atomic E-state index is -0.687. The van der Waals surface area contributed by atoms with E-state index in [0.717, 1.165) is 43.8 Å². The number of hydrogen-bond acceptors (Lipinski definition) is 0. The lowest BCUT2D eigenvalue weighted by atomic mass is 9.81. The first-order valence-corrected chi connectivity index (χ1v) is 17.7. The van der Waals surface area contributed by atoms with Crippen molar-refractivity contribution in [3.63, 3.8) is 0 Å². The Kier molecular flexibility index (Phi) is 6.87. The zero-order valence-corrected chi connectivity index (χ0v) is 29.9. The van der Waals surface area contributed by atoms with Crippen LogP contribution in [0.1, 0.15) is 52.7 Å². The minimum absolute atomic E-state index is 0.163. The molecule has 8 aromatic rings. The Hall–Kier alpha value is -5.48. The number of benzene rings is 8. The van der Waals surface area contributed by atoms with Crippen molar-refractivity contribution in [2.45, 2.75) is 52.4 Å². The topological polar surface area (TPSA) is 0 Å². The van der Waals surface area contributed by atoms with Crippen molar-refractivity contribution in [1.82, 2.24) is 0 Å². The molecular weight excluding hydrogens is 653 g/mol. The van der Waals surface area contributed by atoms with E-state index in [1.807, 2.05) is 71.9 Å². The van der Waals surface area contributed by atoms with E-state index in [0.29, 0.717) is 43.8 Å². The average Bonchev–Trinajstić information content (AvgIpc) is 3.39. The summed E-state index contributed by atoms with van der Waals surface area (Å²) in [5.74, 6) is -2.75. The van der Waals surface area contributed by atoms with Crippen molar-refractivity contribution in [2.24, 2.45) is 0 Å². The first kappa shape index (κ1) is 32.4. The molecule has 1 aliphatic rings. The van der Waals surface area contributed by atoms with Crippen molar-refractivity contribution in [3.05, 3.63) is 144 Å². The first-order valence-electron chi connectivity index (χ1n) is 17.7. The normalized spacial score (nSPS) is 12.8. The van der Waals surface area contributed by atoms with Crippen LogP contribution in [0.25, 0.3) is 87.6 Å². The van der Waals surface area contributed by atoms with Crippen LogP contribution >= 0.6 is 0 Å². The summed E-state index contributed by atoms with van der Waals surface area (Å²) in [5.41, 5.74) is 4.31. The van der Waals surface area contributed by atoms with Gasteiger partial charge in [-0.05, 0) is 130 Å². The Morgan fingerprint density at radius 1 is 0.346 bits per heavy atom. The molecule has 0 amide bonds. The third kappa shape index (κ3) is 4.66. The van der Waals surface area contributed by atoms with Gasteiger partial charge in [-0.3, -0.25) is 0 Å². The summed E-state index contributed by atoms with van der Waals surface area (Å²) in [6.07, 6.45) is 0. The summed E-state index contributed by atoms with van der Waals surface area (Å²) in [6.45, 7) is 11.5. The molecule has 1 aliphatic carbocycles. The van der Waals surface area contributed by atoms with Crippen molar-refractivity contribution in [3.8, 4) is 44.5 Å². The van der Waals surface area contributed by atoms with Gasteiger partial charge in [-0.2, -0.15) is 0 Å². The van der Waals surface area contributed by atoms with Crippen molar-refractivity contribution in [1.29, 1.82) is 0 Å². The quantitative estimate of drug-likeness (QED) is 0.0963. The Morgan fingerprint density at radius 3 is 1.25 bits per heavy atom. The average molecular weight is 689 g/mol.